The zero-order valence-corrected chi connectivity index (χ0v) is 11.0. The summed E-state index contributed by atoms with van der Waals surface area (Å²) in [6.45, 7) is 6.23. The first-order valence-corrected chi connectivity index (χ1v) is 6.16. The van der Waals surface area contributed by atoms with Gasteiger partial charge in [0, 0.05) is 5.69 Å². The van der Waals surface area contributed by atoms with Crippen molar-refractivity contribution >= 4 is 5.97 Å². The molecule has 0 bridgehead atoms. The van der Waals surface area contributed by atoms with E-state index in [1.165, 1.54) is 7.11 Å². The normalized spacial score (nSPS) is 17.9. The number of nitrogens with zero attached hydrogens (tertiary/aromatic N) is 1. The Morgan fingerprint density at radius 1 is 1.47 bits per heavy atom. The molecule has 4 nitrogen and oxygen atoms in total. The zero-order valence-electron chi connectivity index (χ0n) is 11.0. The number of carbonyl (C=O) groups is 1. The van der Waals surface area contributed by atoms with Crippen LogP contribution in [0.5, 0.6) is 0 Å². The van der Waals surface area contributed by atoms with Crippen molar-refractivity contribution < 1.29 is 9.53 Å². The smallest absolute Gasteiger partial charge is 0.319 e. The summed E-state index contributed by atoms with van der Waals surface area (Å²) in [6.07, 6.45) is 2.74. The number of H-pyrrole nitrogens is 1. The number of rotatable bonds is 3. The van der Waals surface area contributed by atoms with Gasteiger partial charge in [-0.1, -0.05) is 20.3 Å². The van der Waals surface area contributed by atoms with E-state index in [9.17, 15) is 4.79 Å². The molecular weight excluding hydrogens is 216 g/mol. The third-order valence-corrected chi connectivity index (χ3v) is 3.71. The first kappa shape index (κ1) is 12.1. The average molecular weight is 236 g/mol. The Balaban J connectivity index is 2.39. The van der Waals surface area contributed by atoms with Crippen molar-refractivity contribution in [1.82, 2.24) is 9.97 Å². The third-order valence-electron chi connectivity index (χ3n) is 3.71. The van der Waals surface area contributed by atoms with Crippen LogP contribution in [-0.2, 0) is 14.9 Å². The molecule has 17 heavy (non-hydrogen) atoms. The van der Waals surface area contributed by atoms with Crippen molar-refractivity contribution in [2.45, 2.75) is 51.4 Å². The summed E-state index contributed by atoms with van der Waals surface area (Å²) in [4.78, 5) is 19.8. The molecule has 1 N–H and O–H groups in total. The van der Waals surface area contributed by atoms with E-state index in [-0.39, 0.29) is 5.97 Å². The molecule has 1 heterocycles. The highest BCUT2D eigenvalue weighted by Gasteiger charge is 2.49. The summed E-state index contributed by atoms with van der Waals surface area (Å²) in [7, 11) is 1.45. The summed E-state index contributed by atoms with van der Waals surface area (Å²) >= 11 is 0. The van der Waals surface area contributed by atoms with Crippen LogP contribution in [0.2, 0.25) is 0 Å². The van der Waals surface area contributed by atoms with E-state index in [4.69, 9.17) is 4.74 Å². The van der Waals surface area contributed by atoms with Crippen molar-refractivity contribution in [2.75, 3.05) is 7.11 Å². The molecule has 0 unspecified atom stereocenters. The molecule has 0 radical (unpaired) electrons. The van der Waals surface area contributed by atoms with Gasteiger partial charge in [-0.05, 0) is 25.7 Å². The summed E-state index contributed by atoms with van der Waals surface area (Å²) < 4.78 is 4.92. The van der Waals surface area contributed by atoms with E-state index in [0.29, 0.717) is 5.92 Å². The molecule has 0 spiro atoms. The lowest BCUT2D eigenvalue weighted by molar-refractivity contribution is -0.151. The summed E-state index contributed by atoms with van der Waals surface area (Å²) in [5.74, 6) is 0.999. The molecule has 4 heteroatoms. The van der Waals surface area contributed by atoms with E-state index < -0.39 is 5.41 Å². The standard InChI is InChI=1S/C13H20N2O2/c1-8(2)10-9(3)14-11(15-10)13(6-5-7-13)12(16)17-4/h8H,5-7H2,1-4H3,(H,14,15). The Labute approximate surface area is 102 Å². The Hall–Kier alpha value is -1.32. The molecule has 0 amide bonds. The molecule has 1 aromatic rings. The van der Waals surface area contributed by atoms with E-state index in [1.807, 2.05) is 6.92 Å². The van der Waals surface area contributed by atoms with Crippen molar-refractivity contribution in [3.63, 3.8) is 0 Å². The number of aromatic nitrogens is 2. The van der Waals surface area contributed by atoms with Gasteiger partial charge in [0.2, 0.25) is 0 Å². The van der Waals surface area contributed by atoms with Gasteiger partial charge >= 0.3 is 5.97 Å². The number of hydrogen-bond donors (Lipinski definition) is 1. The second-order valence-electron chi connectivity index (χ2n) is 5.18. The quantitative estimate of drug-likeness (QED) is 0.820. The Morgan fingerprint density at radius 3 is 2.47 bits per heavy atom. The minimum atomic E-state index is -0.507. The van der Waals surface area contributed by atoms with Gasteiger partial charge in [-0.3, -0.25) is 4.79 Å². The van der Waals surface area contributed by atoms with Gasteiger partial charge in [0.1, 0.15) is 11.2 Å². The second-order valence-corrected chi connectivity index (χ2v) is 5.18. The van der Waals surface area contributed by atoms with Gasteiger partial charge in [-0.2, -0.15) is 0 Å². The van der Waals surface area contributed by atoms with E-state index in [0.717, 1.165) is 36.5 Å². The van der Waals surface area contributed by atoms with Gasteiger partial charge in [0.25, 0.3) is 0 Å². The fourth-order valence-electron chi connectivity index (χ4n) is 2.53. The van der Waals surface area contributed by atoms with E-state index in [1.54, 1.807) is 0 Å². The van der Waals surface area contributed by atoms with Gasteiger partial charge in [0.15, 0.2) is 0 Å². The van der Waals surface area contributed by atoms with Crippen LogP contribution in [0.15, 0.2) is 0 Å². The van der Waals surface area contributed by atoms with Crippen molar-refractivity contribution in [1.29, 1.82) is 0 Å². The van der Waals surface area contributed by atoms with Crippen molar-refractivity contribution in [3.8, 4) is 0 Å². The highest BCUT2D eigenvalue weighted by atomic mass is 16.5. The zero-order chi connectivity index (χ0) is 12.6. The number of methoxy groups -OCH3 is 1. The van der Waals surface area contributed by atoms with Crippen LogP contribution in [0.25, 0.3) is 0 Å². The molecule has 0 aromatic carbocycles. The number of aromatic amines is 1. The van der Waals surface area contributed by atoms with Crippen molar-refractivity contribution in [2.24, 2.45) is 0 Å². The Morgan fingerprint density at radius 2 is 2.12 bits per heavy atom. The number of esters is 1. The Kier molecular flexibility index (Phi) is 2.98. The number of aryl methyl sites for hydroxylation is 1. The second kappa shape index (κ2) is 4.17. The van der Waals surface area contributed by atoms with Gasteiger partial charge in [-0.15, -0.1) is 0 Å². The fraction of sp³-hybridized carbons (Fsp3) is 0.692. The fourth-order valence-corrected chi connectivity index (χ4v) is 2.53. The molecule has 2 rings (SSSR count). The maximum atomic E-state index is 11.9. The molecule has 0 saturated heterocycles. The number of hydrogen-bond acceptors (Lipinski definition) is 3. The molecule has 1 aliphatic carbocycles. The maximum absolute atomic E-state index is 11.9. The number of ether oxygens (including phenoxy) is 1. The summed E-state index contributed by atoms with van der Waals surface area (Å²) in [5, 5.41) is 0. The first-order chi connectivity index (χ1) is 8.01. The van der Waals surface area contributed by atoms with Crippen LogP contribution >= 0.6 is 0 Å². The predicted octanol–water partition coefficient (Wildman–Crippen LogP) is 2.44. The Bertz CT molecular complexity index is 431. The lowest BCUT2D eigenvalue weighted by Gasteiger charge is -2.36. The van der Waals surface area contributed by atoms with Crippen LogP contribution in [0.4, 0.5) is 0 Å². The lowest BCUT2D eigenvalue weighted by Crippen LogP contribution is -2.44. The monoisotopic (exact) mass is 236 g/mol. The molecular formula is C13H20N2O2. The van der Waals surface area contributed by atoms with Crippen LogP contribution in [0.3, 0.4) is 0 Å². The third kappa shape index (κ3) is 1.75. The topological polar surface area (TPSA) is 55.0 Å². The summed E-state index contributed by atoms with van der Waals surface area (Å²) in [6, 6.07) is 0. The predicted molar refractivity (Wildman–Crippen MR) is 65.0 cm³/mol. The molecule has 1 saturated carbocycles. The molecule has 0 aliphatic heterocycles. The lowest BCUT2D eigenvalue weighted by atomic mass is 9.68. The molecule has 0 atom stereocenters. The van der Waals surface area contributed by atoms with E-state index >= 15 is 0 Å². The largest absolute Gasteiger partial charge is 0.468 e. The average Bonchev–Trinajstić information content (AvgIpc) is 2.58. The maximum Gasteiger partial charge on any atom is 0.319 e. The first-order valence-electron chi connectivity index (χ1n) is 6.16. The number of imidazole rings is 1. The van der Waals surface area contributed by atoms with Crippen molar-refractivity contribution in [3.05, 3.63) is 17.2 Å². The van der Waals surface area contributed by atoms with Gasteiger partial charge < -0.3 is 9.72 Å². The highest BCUT2D eigenvalue weighted by Crippen LogP contribution is 2.43. The minimum absolute atomic E-state index is 0.159. The van der Waals surface area contributed by atoms with Crippen LogP contribution < -0.4 is 0 Å². The molecule has 1 fully saturated rings. The van der Waals surface area contributed by atoms with Gasteiger partial charge in [0.05, 0.1) is 12.8 Å². The molecule has 1 aromatic heterocycles. The highest BCUT2D eigenvalue weighted by molar-refractivity contribution is 5.83. The van der Waals surface area contributed by atoms with Gasteiger partial charge in [-0.25, -0.2) is 4.98 Å². The van der Waals surface area contributed by atoms with Crippen LogP contribution in [0.1, 0.15) is 56.2 Å². The van der Waals surface area contributed by atoms with E-state index in [2.05, 4.69) is 23.8 Å². The summed E-state index contributed by atoms with van der Waals surface area (Å²) in [5.41, 5.74) is 1.60. The van der Waals surface area contributed by atoms with Crippen LogP contribution in [-0.4, -0.2) is 23.0 Å². The molecule has 94 valence electrons. The van der Waals surface area contributed by atoms with Crippen LogP contribution in [0, 0.1) is 6.92 Å². The number of nitrogens with one attached hydrogen (secondary N) is 1. The number of carbonyl (C=O) groups excluding carboxylic acids is 1. The molecule has 1 aliphatic rings. The SMILES string of the molecule is COC(=O)C1(c2nc(C(C)C)c(C)[nH]2)CCC1. The minimum Gasteiger partial charge on any atom is -0.468 e.